The Labute approximate surface area is 116 Å². The van der Waals surface area contributed by atoms with Crippen LogP contribution in [0.5, 0.6) is 0 Å². The molecule has 0 bridgehead atoms. The molecule has 0 spiro atoms. The molecule has 0 saturated heterocycles. The van der Waals surface area contributed by atoms with Crippen molar-refractivity contribution in [3.8, 4) is 0 Å². The lowest BCUT2D eigenvalue weighted by atomic mass is 9.84. The van der Waals surface area contributed by atoms with Gasteiger partial charge in [-0.2, -0.15) is 0 Å². The Morgan fingerprint density at radius 2 is 1.32 bits per heavy atom. The third-order valence-electron chi connectivity index (χ3n) is 3.23. The average Bonchev–Trinajstić information content (AvgIpc) is 2.38. The van der Waals surface area contributed by atoms with Crippen LogP contribution < -0.4 is 0 Å². The summed E-state index contributed by atoms with van der Waals surface area (Å²) in [7, 11) is 0. The summed E-state index contributed by atoms with van der Waals surface area (Å²) in [6.07, 6.45) is 5.87. The summed E-state index contributed by atoms with van der Waals surface area (Å²) >= 11 is 0. The van der Waals surface area contributed by atoms with E-state index in [4.69, 9.17) is 9.47 Å². The summed E-state index contributed by atoms with van der Waals surface area (Å²) < 4.78 is 10.0. The van der Waals surface area contributed by atoms with E-state index in [1.165, 1.54) is 12.8 Å². The maximum absolute atomic E-state index is 12.0. The van der Waals surface area contributed by atoms with Crippen LogP contribution in [0.3, 0.4) is 0 Å². The number of carbonyl (C=O) groups is 2. The Bertz CT molecular complexity index is 255. The van der Waals surface area contributed by atoms with E-state index in [1.807, 2.05) is 0 Å². The molecule has 0 aromatic rings. The van der Waals surface area contributed by atoms with E-state index >= 15 is 0 Å². The van der Waals surface area contributed by atoms with Crippen molar-refractivity contribution >= 4 is 11.9 Å². The van der Waals surface area contributed by atoms with Crippen molar-refractivity contribution in [1.29, 1.82) is 0 Å². The third-order valence-corrected chi connectivity index (χ3v) is 3.23. The summed E-state index contributed by atoms with van der Waals surface area (Å²) in [6, 6.07) is 0. The molecule has 0 unspecified atom stereocenters. The Morgan fingerprint density at radius 3 is 1.74 bits per heavy atom. The van der Waals surface area contributed by atoms with E-state index in [0.29, 0.717) is 6.42 Å². The van der Waals surface area contributed by atoms with Crippen molar-refractivity contribution in [3.63, 3.8) is 0 Å². The molecule has 4 nitrogen and oxygen atoms in total. The Kier molecular flexibility index (Phi) is 9.27. The molecule has 4 heteroatoms. The largest absolute Gasteiger partial charge is 0.465 e. The minimum atomic E-state index is -1.15. The van der Waals surface area contributed by atoms with Crippen molar-refractivity contribution < 1.29 is 19.1 Å². The predicted octanol–water partition coefficient (Wildman–Crippen LogP) is 3.48. The number of esters is 2. The Balaban J connectivity index is 4.49. The molecule has 0 amide bonds. The minimum Gasteiger partial charge on any atom is -0.465 e. The van der Waals surface area contributed by atoms with Gasteiger partial charge in [-0.15, -0.1) is 0 Å². The smallest absolute Gasteiger partial charge is 0.323 e. The molecule has 0 radical (unpaired) electrons. The molecule has 0 aliphatic rings. The van der Waals surface area contributed by atoms with Crippen LogP contribution >= 0.6 is 0 Å². The second kappa shape index (κ2) is 9.82. The van der Waals surface area contributed by atoms with Crippen LogP contribution in [0, 0.1) is 5.41 Å². The van der Waals surface area contributed by atoms with Crippen LogP contribution in [0.15, 0.2) is 0 Å². The van der Waals surface area contributed by atoms with Crippen LogP contribution in [0.25, 0.3) is 0 Å². The molecule has 0 heterocycles. The Hall–Kier alpha value is -1.06. The average molecular weight is 272 g/mol. The Morgan fingerprint density at radius 1 is 0.842 bits per heavy atom. The van der Waals surface area contributed by atoms with Gasteiger partial charge < -0.3 is 9.47 Å². The number of hydrogen-bond acceptors (Lipinski definition) is 4. The van der Waals surface area contributed by atoms with Gasteiger partial charge in [0.2, 0.25) is 0 Å². The standard InChI is InChI=1S/C15H28O4/c1-5-8-9-10-11-12-15(4,13(16)18-6-2)14(17)19-7-3/h5-12H2,1-4H3. The first-order valence-electron chi connectivity index (χ1n) is 7.37. The molecule has 0 saturated carbocycles. The van der Waals surface area contributed by atoms with Gasteiger partial charge in [0.25, 0.3) is 0 Å². The van der Waals surface area contributed by atoms with Crippen LogP contribution in [0.2, 0.25) is 0 Å². The highest BCUT2D eigenvalue weighted by Crippen LogP contribution is 2.28. The van der Waals surface area contributed by atoms with E-state index < -0.39 is 17.4 Å². The molecule has 0 aliphatic heterocycles. The van der Waals surface area contributed by atoms with Gasteiger partial charge in [0.15, 0.2) is 5.41 Å². The summed E-state index contributed by atoms with van der Waals surface area (Å²) in [5.74, 6) is -0.937. The maximum atomic E-state index is 12.0. The number of carbonyl (C=O) groups excluding carboxylic acids is 2. The molecule has 112 valence electrons. The monoisotopic (exact) mass is 272 g/mol. The maximum Gasteiger partial charge on any atom is 0.323 e. The van der Waals surface area contributed by atoms with Gasteiger partial charge in [-0.25, -0.2) is 0 Å². The van der Waals surface area contributed by atoms with Gasteiger partial charge in [0.1, 0.15) is 0 Å². The molecule has 0 rings (SSSR count). The quantitative estimate of drug-likeness (QED) is 0.347. The molecule has 0 N–H and O–H groups in total. The van der Waals surface area contributed by atoms with Gasteiger partial charge >= 0.3 is 11.9 Å². The molecular weight excluding hydrogens is 244 g/mol. The lowest BCUT2D eigenvalue weighted by Crippen LogP contribution is -2.39. The summed E-state index contributed by atoms with van der Waals surface area (Å²) in [5.41, 5.74) is -1.15. The van der Waals surface area contributed by atoms with Crippen molar-refractivity contribution in [2.24, 2.45) is 5.41 Å². The topological polar surface area (TPSA) is 52.6 Å². The highest BCUT2D eigenvalue weighted by molar-refractivity contribution is 5.99. The fourth-order valence-corrected chi connectivity index (χ4v) is 1.95. The van der Waals surface area contributed by atoms with E-state index in [9.17, 15) is 9.59 Å². The fourth-order valence-electron chi connectivity index (χ4n) is 1.95. The van der Waals surface area contributed by atoms with Crippen molar-refractivity contribution in [3.05, 3.63) is 0 Å². The second-order valence-corrected chi connectivity index (χ2v) is 4.94. The molecule has 19 heavy (non-hydrogen) atoms. The summed E-state index contributed by atoms with van der Waals surface area (Å²) in [5, 5.41) is 0. The van der Waals surface area contributed by atoms with Gasteiger partial charge in [0, 0.05) is 0 Å². The molecule has 0 aromatic heterocycles. The molecule has 0 aromatic carbocycles. The van der Waals surface area contributed by atoms with E-state index in [1.54, 1.807) is 20.8 Å². The molecule has 0 aliphatic carbocycles. The highest BCUT2D eigenvalue weighted by atomic mass is 16.6. The fraction of sp³-hybridized carbons (Fsp3) is 0.867. The van der Waals surface area contributed by atoms with Crippen LogP contribution in [-0.4, -0.2) is 25.2 Å². The number of unbranched alkanes of at least 4 members (excludes halogenated alkanes) is 4. The first-order valence-corrected chi connectivity index (χ1v) is 7.37. The SMILES string of the molecule is CCCCCCCC(C)(C(=O)OCC)C(=O)OCC. The minimum absolute atomic E-state index is 0.281. The van der Waals surface area contributed by atoms with E-state index in [-0.39, 0.29) is 13.2 Å². The number of ether oxygens (including phenoxy) is 2. The predicted molar refractivity (Wildman–Crippen MR) is 74.7 cm³/mol. The molecular formula is C15H28O4. The summed E-state index contributed by atoms with van der Waals surface area (Å²) in [4.78, 5) is 24.0. The van der Waals surface area contributed by atoms with E-state index in [0.717, 1.165) is 19.3 Å². The summed E-state index contributed by atoms with van der Waals surface area (Å²) in [6.45, 7) is 7.83. The first kappa shape index (κ1) is 17.9. The number of hydrogen-bond donors (Lipinski definition) is 0. The highest BCUT2D eigenvalue weighted by Gasteiger charge is 2.43. The van der Waals surface area contributed by atoms with Gasteiger partial charge in [-0.1, -0.05) is 39.0 Å². The van der Waals surface area contributed by atoms with Crippen molar-refractivity contribution in [2.45, 2.75) is 66.2 Å². The van der Waals surface area contributed by atoms with Gasteiger partial charge in [-0.3, -0.25) is 9.59 Å². The van der Waals surface area contributed by atoms with Crippen molar-refractivity contribution in [2.75, 3.05) is 13.2 Å². The third kappa shape index (κ3) is 6.08. The van der Waals surface area contributed by atoms with Gasteiger partial charge in [-0.05, 0) is 27.2 Å². The molecule has 0 atom stereocenters. The zero-order valence-electron chi connectivity index (χ0n) is 12.8. The van der Waals surface area contributed by atoms with Crippen LogP contribution in [-0.2, 0) is 19.1 Å². The van der Waals surface area contributed by atoms with Crippen LogP contribution in [0.1, 0.15) is 66.2 Å². The second-order valence-electron chi connectivity index (χ2n) is 4.94. The normalized spacial score (nSPS) is 11.2. The lowest BCUT2D eigenvalue weighted by molar-refractivity contribution is -0.171. The van der Waals surface area contributed by atoms with Gasteiger partial charge in [0.05, 0.1) is 13.2 Å². The van der Waals surface area contributed by atoms with Crippen LogP contribution in [0.4, 0.5) is 0 Å². The van der Waals surface area contributed by atoms with E-state index in [2.05, 4.69) is 6.92 Å². The van der Waals surface area contributed by atoms with Crippen molar-refractivity contribution in [1.82, 2.24) is 0 Å². The number of rotatable bonds is 10. The lowest BCUT2D eigenvalue weighted by Gasteiger charge is -2.24. The molecule has 0 fully saturated rings. The zero-order chi connectivity index (χ0) is 14.7. The first-order chi connectivity index (χ1) is 9.02. The zero-order valence-corrected chi connectivity index (χ0v) is 12.8.